The molecule has 1 aliphatic carbocycles. The predicted molar refractivity (Wildman–Crippen MR) is 153 cm³/mol. The van der Waals surface area contributed by atoms with Gasteiger partial charge in [-0.25, -0.2) is 9.18 Å². The van der Waals surface area contributed by atoms with Gasteiger partial charge in [-0.15, -0.1) is 0 Å². The molecule has 2 aromatic carbocycles. The number of halogens is 7. The van der Waals surface area contributed by atoms with Crippen molar-refractivity contribution in [1.82, 2.24) is 14.7 Å². The lowest BCUT2D eigenvalue weighted by Gasteiger charge is -2.45. The van der Waals surface area contributed by atoms with Crippen LogP contribution in [0.3, 0.4) is 0 Å². The van der Waals surface area contributed by atoms with Crippen molar-refractivity contribution >= 4 is 17.9 Å². The number of aryl methyl sites for hydroxylation is 1. The zero-order chi connectivity index (χ0) is 34.1. The summed E-state index contributed by atoms with van der Waals surface area (Å²) in [4.78, 5) is 42.7. The van der Waals surface area contributed by atoms with Crippen LogP contribution in [0.5, 0.6) is 0 Å². The number of carboxylic acids is 1. The number of amides is 3. The highest BCUT2D eigenvalue weighted by Crippen LogP contribution is 2.39. The molecule has 252 valence electrons. The van der Waals surface area contributed by atoms with E-state index in [1.54, 1.807) is 11.8 Å². The number of nitrogens with zero attached hydrogens (tertiary/aromatic N) is 3. The topological polar surface area (TPSA) is 81.2 Å². The number of hydrogen-bond donors (Lipinski definition) is 1. The summed E-state index contributed by atoms with van der Waals surface area (Å²) in [6, 6.07) is 2.52. The molecule has 1 saturated heterocycles. The molecule has 1 unspecified atom stereocenters. The molecule has 46 heavy (non-hydrogen) atoms. The van der Waals surface area contributed by atoms with E-state index in [1.165, 1.54) is 37.1 Å². The van der Waals surface area contributed by atoms with Crippen LogP contribution in [-0.4, -0.2) is 64.4 Å². The van der Waals surface area contributed by atoms with Gasteiger partial charge in [0.15, 0.2) is 0 Å². The molecule has 0 aromatic heterocycles. The third kappa shape index (κ3) is 7.92. The average molecular weight is 660 g/mol. The molecule has 4 rings (SSSR count). The van der Waals surface area contributed by atoms with Crippen molar-refractivity contribution in [3.63, 3.8) is 0 Å². The number of carbonyl (C=O) groups is 3. The molecule has 2 aromatic rings. The van der Waals surface area contributed by atoms with Crippen molar-refractivity contribution in [3.8, 4) is 0 Å². The Morgan fingerprint density at radius 3 is 2.04 bits per heavy atom. The Balaban J connectivity index is 1.59. The van der Waals surface area contributed by atoms with Gasteiger partial charge < -0.3 is 19.8 Å². The summed E-state index contributed by atoms with van der Waals surface area (Å²) >= 11 is 0. The fraction of sp³-hybridized carbons (Fsp3) is 0.531. The van der Waals surface area contributed by atoms with E-state index in [-0.39, 0.29) is 55.4 Å². The molecule has 2 atom stereocenters. The van der Waals surface area contributed by atoms with Crippen LogP contribution in [0.2, 0.25) is 0 Å². The molecule has 1 saturated carbocycles. The lowest BCUT2D eigenvalue weighted by molar-refractivity contribution is -0.144. The van der Waals surface area contributed by atoms with Crippen molar-refractivity contribution in [1.29, 1.82) is 0 Å². The molecule has 2 aliphatic rings. The summed E-state index contributed by atoms with van der Waals surface area (Å²) in [6.07, 6.45) is -7.84. The molecule has 0 bridgehead atoms. The smallest absolute Gasteiger partial charge is 0.416 e. The van der Waals surface area contributed by atoms with Crippen molar-refractivity contribution in [3.05, 3.63) is 70.0 Å². The van der Waals surface area contributed by atoms with Gasteiger partial charge in [-0.2, -0.15) is 26.3 Å². The molecule has 1 aliphatic heterocycles. The zero-order valence-electron chi connectivity index (χ0n) is 25.6. The van der Waals surface area contributed by atoms with E-state index < -0.39 is 53.4 Å². The fourth-order valence-corrected chi connectivity index (χ4v) is 6.42. The molecule has 3 amide bonds. The average Bonchev–Trinajstić information content (AvgIpc) is 2.98. The maximum absolute atomic E-state index is 14.0. The Kier molecular flexibility index (Phi) is 10.3. The first-order valence-corrected chi connectivity index (χ1v) is 15.0. The summed E-state index contributed by atoms with van der Waals surface area (Å²) in [7, 11) is 1.28. The van der Waals surface area contributed by atoms with E-state index in [0.29, 0.717) is 48.9 Å². The van der Waals surface area contributed by atoms with E-state index in [2.05, 4.69) is 0 Å². The number of alkyl halides is 6. The molecule has 14 heteroatoms. The van der Waals surface area contributed by atoms with Crippen molar-refractivity contribution in [2.45, 2.75) is 70.4 Å². The van der Waals surface area contributed by atoms with Crippen molar-refractivity contribution in [2.24, 2.45) is 11.8 Å². The summed E-state index contributed by atoms with van der Waals surface area (Å²) in [5.41, 5.74) is -2.31. The Morgan fingerprint density at radius 2 is 1.52 bits per heavy atom. The van der Waals surface area contributed by atoms with Gasteiger partial charge in [-0.3, -0.25) is 9.59 Å². The highest BCUT2D eigenvalue weighted by atomic mass is 19.4. The first-order chi connectivity index (χ1) is 21.4. The van der Waals surface area contributed by atoms with E-state index in [0.717, 1.165) is 4.90 Å². The van der Waals surface area contributed by atoms with Gasteiger partial charge in [0.2, 0.25) is 5.91 Å². The molecule has 2 fully saturated rings. The second-order valence-electron chi connectivity index (χ2n) is 12.2. The molecule has 1 N–H and O–H groups in total. The number of hydrogen-bond acceptors (Lipinski definition) is 3. The van der Waals surface area contributed by atoms with Crippen molar-refractivity contribution in [2.75, 3.05) is 26.7 Å². The largest absolute Gasteiger partial charge is 0.481 e. The molecule has 7 nitrogen and oxygen atoms in total. The lowest BCUT2D eigenvalue weighted by atomic mass is 9.80. The van der Waals surface area contributed by atoms with Gasteiger partial charge in [0.1, 0.15) is 5.82 Å². The van der Waals surface area contributed by atoms with E-state index in [9.17, 15) is 45.1 Å². The van der Waals surface area contributed by atoms with Crippen LogP contribution in [0, 0.1) is 24.6 Å². The first-order valence-electron chi connectivity index (χ1n) is 15.0. The van der Waals surface area contributed by atoms with Crippen LogP contribution < -0.4 is 0 Å². The quantitative estimate of drug-likeness (QED) is 0.327. The molecular formula is C32H36F7N3O4. The summed E-state index contributed by atoms with van der Waals surface area (Å²) in [5, 5.41) is 9.09. The number of carboxylic acid groups (broad SMARTS) is 1. The number of piperazine rings is 1. The monoisotopic (exact) mass is 659 g/mol. The third-order valence-corrected chi connectivity index (χ3v) is 9.16. The number of urea groups is 1. The Bertz CT molecular complexity index is 1420. The van der Waals surface area contributed by atoms with E-state index >= 15 is 0 Å². The number of rotatable bonds is 6. The summed E-state index contributed by atoms with van der Waals surface area (Å²) in [6.45, 7) is 3.13. The minimum atomic E-state index is -5.05. The van der Waals surface area contributed by atoms with Gasteiger partial charge >= 0.3 is 24.4 Å². The summed E-state index contributed by atoms with van der Waals surface area (Å²) < 4.78 is 95.2. The van der Waals surface area contributed by atoms with Gasteiger partial charge in [0.05, 0.1) is 23.2 Å². The maximum Gasteiger partial charge on any atom is 0.416 e. The second-order valence-corrected chi connectivity index (χ2v) is 12.2. The number of benzene rings is 2. The predicted octanol–water partition coefficient (Wildman–Crippen LogP) is 7.45. The number of carbonyl (C=O) groups excluding carboxylic acids is 2. The highest BCUT2D eigenvalue weighted by Gasteiger charge is 2.41. The Hall–Kier alpha value is -3.84. The van der Waals surface area contributed by atoms with Gasteiger partial charge in [-0.1, -0.05) is 6.07 Å². The van der Waals surface area contributed by atoms with E-state index in [1.807, 2.05) is 0 Å². The van der Waals surface area contributed by atoms with Crippen LogP contribution in [-0.2, 0) is 21.9 Å². The van der Waals surface area contributed by atoms with Crippen LogP contribution >= 0.6 is 0 Å². The van der Waals surface area contributed by atoms with Gasteiger partial charge in [0.25, 0.3) is 0 Å². The SMILES string of the molecule is Cc1cc(F)ccc1[C@H]1CN(C(=O)[C@H]2CC[C@@H](CC(=O)O)CC2)CCN1C(=O)N(C)C(C)c1cc(C(F)(F)F)cc(C(F)(F)F)c1. The minimum Gasteiger partial charge on any atom is -0.481 e. The first kappa shape index (κ1) is 35.0. The van der Waals surface area contributed by atoms with Crippen LogP contribution in [0.1, 0.15) is 78.9 Å². The lowest BCUT2D eigenvalue weighted by Crippen LogP contribution is -2.56. The van der Waals surface area contributed by atoms with E-state index in [4.69, 9.17) is 5.11 Å². The van der Waals surface area contributed by atoms with Crippen molar-refractivity contribution < 1.29 is 50.2 Å². The zero-order valence-corrected chi connectivity index (χ0v) is 25.6. The number of aliphatic carboxylic acids is 1. The molecule has 0 spiro atoms. The van der Waals surface area contributed by atoms with Crippen LogP contribution in [0.15, 0.2) is 36.4 Å². The molecular weight excluding hydrogens is 623 g/mol. The standard InChI is InChI=1S/C32H36F7N3O4/c1-18-12-25(33)8-9-26(18)27-17-41(29(45)21-6-4-20(5-7-21)13-28(43)44)10-11-42(27)30(46)40(3)19(2)22-14-23(31(34,35)36)16-24(15-22)32(37,38)39/h8-9,12,14-16,19-21,27H,4-7,10-11,13,17H2,1-3H3,(H,43,44)/t19?,20-,21+,27-/m1/s1. The van der Waals surface area contributed by atoms with Gasteiger partial charge in [0, 0.05) is 39.0 Å². The fourth-order valence-electron chi connectivity index (χ4n) is 6.42. The minimum absolute atomic E-state index is 0.00723. The van der Waals surface area contributed by atoms with Crippen LogP contribution in [0.4, 0.5) is 35.5 Å². The molecule has 1 heterocycles. The van der Waals surface area contributed by atoms with Gasteiger partial charge in [-0.05, 0) is 92.5 Å². The Morgan fingerprint density at radius 1 is 0.935 bits per heavy atom. The molecule has 0 radical (unpaired) electrons. The Labute approximate surface area is 261 Å². The maximum atomic E-state index is 14.0. The third-order valence-electron chi connectivity index (χ3n) is 9.16. The normalized spacial score (nSPS) is 21.6. The second kappa shape index (κ2) is 13.5. The highest BCUT2D eigenvalue weighted by molar-refractivity contribution is 5.80. The summed E-state index contributed by atoms with van der Waals surface area (Å²) in [5.74, 6) is -1.88. The van der Waals surface area contributed by atoms with Crippen LogP contribution in [0.25, 0.3) is 0 Å².